The van der Waals surface area contributed by atoms with Gasteiger partial charge in [-0.25, -0.2) is 9.97 Å². The van der Waals surface area contributed by atoms with Gasteiger partial charge in [-0.05, 0) is 28.1 Å². The number of rotatable bonds is 1. The molecule has 0 aliphatic carbocycles. The molecule has 0 saturated carbocycles. The fourth-order valence-electron chi connectivity index (χ4n) is 0.877. The Morgan fingerprint density at radius 3 is 2.92 bits per heavy atom. The van der Waals surface area contributed by atoms with E-state index in [1.54, 1.807) is 17.5 Å². The Bertz CT molecular complexity index is 372. The zero-order valence-corrected chi connectivity index (χ0v) is 8.47. The van der Waals surface area contributed by atoms with Crippen LogP contribution in [0.4, 0.5) is 0 Å². The molecule has 0 fully saturated rings. The lowest BCUT2D eigenvalue weighted by atomic mass is 10.4. The third-order valence-corrected chi connectivity index (χ3v) is 2.60. The normalized spacial score (nSPS) is 10.1. The predicted octanol–water partition coefficient (Wildman–Crippen LogP) is 2.97. The van der Waals surface area contributed by atoms with Crippen molar-refractivity contribution in [3.63, 3.8) is 0 Å². The van der Waals surface area contributed by atoms with E-state index < -0.39 is 0 Å². The molecule has 0 atom stereocenters. The Balaban J connectivity index is 2.48. The Morgan fingerprint density at radius 1 is 1.33 bits per heavy atom. The molecule has 0 bridgehead atoms. The van der Waals surface area contributed by atoms with E-state index in [1.807, 2.05) is 23.6 Å². The quantitative estimate of drug-likeness (QED) is 0.717. The van der Waals surface area contributed by atoms with Gasteiger partial charge in [0.05, 0.1) is 0 Å². The third-order valence-electron chi connectivity index (χ3n) is 1.37. The SMILES string of the molecule is Brc1cccc(-c2nccs2)n1. The van der Waals surface area contributed by atoms with Crippen molar-refractivity contribution in [2.75, 3.05) is 0 Å². The van der Waals surface area contributed by atoms with Crippen LogP contribution in [-0.4, -0.2) is 9.97 Å². The lowest BCUT2D eigenvalue weighted by Gasteiger charge is -1.94. The van der Waals surface area contributed by atoms with Crippen molar-refractivity contribution in [1.29, 1.82) is 0 Å². The monoisotopic (exact) mass is 240 g/mol. The van der Waals surface area contributed by atoms with E-state index in [2.05, 4.69) is 25.9 Å². The summed E-state index contributed by atoms with van der Waals surface area (Å²) in [5.74, 6) is 0. The second-order valence-electron chi connectivity index (χ2n) is 2.18. The number of hydrogen-bond donors (Lipinski definition) is 0. The molecular formula is C8H5BrN2S. The van der Waals surface area contributed by atoms with Gasteiger partial charge in [-0.2, -0.15) is 0 Å². The zero-order chi connectivity index (χ0) is 8.39. The summed E-state index contributed by atoms with van der Waals surface area (Å²) in [6.45, 7) is 0. The highest BCUT2D eigenvalue weighted by Gasteiger charge is 2.00. The fourth-order valence-corrected chi connectivity index (χ4v) is 1.83. The van der Waals surface area contributed by atoms with Crippen molar-refractivity contribution >= 4 is 27.3 Å². The van der Waals surface area contributed by atoms with Gasteiger partial charge in [-0.15, -0.1) is 11.3 Å². The topological polar surface area (TPSA) is 25.8 Å². The number of nitrogens with zero attached hydrogens (tertiary/aromatic N) is 2. The van der Waals surface area contributed by atoms with Crippen molar-refractivity contribution in [2.45, 2.75) is 0 Å². The van der Waals surface area contributed by atoms with Crippen molar-refractivity contribution < 1.29 is 0 Å². The number of halogens is 1. The molecule has 0 aromatic carbocycles. The number of aromatic nitrogens is 2. The standard InChI is InChI=1S/C8H5BrN2S/c9-7-3-1-2-6(11-7)8-10-4-5-12-8/h1-5H. The van der Waals surface area contributed by atoms with E-state index in [0.29, 0.717) is 0 Å². The molecule has 2 aromatic rings. The van der Waals surface area contributed by atoms with Crippen LogP contribution >= 0.6 is 27.3 Å². The maximum atomic E-state index is 4.28. The van der Waals surface area contributed by atoms with E-state index in [0.717, 1.165) is 15.3 Å². The summed E-state index contributed by atoms with van der Waals surface area (Å²) in [7, 11) is 0. The largest absolute Gasteiger partial charge is 0.243 e. The average Bonchev–Trinajstić information content (AvgIpc) is 2.56. The van der Waals surface area contributed by atoms with Crippen LogP contribution < -0.4 is 0 Å². The number of hydrogen-bond acceptors (Lipinski definition) is 3. The lowest BCUT2D eigenvalue weighted by Crippen LogP contribution is -1.81. The molecule has 60 valence electrons. The molecule has 4 heteroatoms. The third kappa shape index (κ3) is 1.54. The summed E-state index contributed by atoms with van der Waals surface area (Å²) in [4.78, 5) is 8.44. The van der Waals surface area contributed by atoms with Gasteiger partial charge in [-0.1, -0.05) is 6.07 Å². The Kier molecular flexibility index (Phi) is 2.19. The molecule has 12 heavy (non-hydrogen) atoms. The molecule has 0 aliphatic rings. The van der Waals surface area contributed by atoms with Crippen LogP contribution in [0.1, 0.15) is 0 Å². The van der Waals surface area contributed by atoms with Crippen molar-refractivity contribution in [1.82, 2.24) is 9.97 Å². The van der Waals surface area contributed by atoms with Gasteiger partial charge in [-0.3, -0.25) is 0 Å². The van der Waals surface area contributed by atoms with E-state index in [4.69, 9.17) is 0 Å². The molecule has 0 saturated heterocycles. The van der Waals surface area contributed by atoms with Crippen molar-refractivity contribution in [3.05, 3.63) is 34.4 Å². The van der Waals surface area contributed by atoms with Crippen LogP contribution in [0.25, 0.3) is 10.7 Å². The summed E-state index contributed by atoms with van der Waals surface area (Å²) in [6, 6.07) is 5.80. The molecule has 2 rings (SSSR count). The maximum Gasteiger partial charge on any atom is 0.141 e. The van der Waals surface area contributed by atoms with Gasteiger partial charge < -0.3 is 0 Å². The summed E-state index contributed by atoms with van der Waals surface area (Å²) in [5.41, 5.74) is 0.916. The second-order valence-corrected chi connectivity index (χ2v) is 3.89. The number of pyridine rings is 1. The van der Waals surface area contributed by atoms with Crippen LogP contribution in [0.2, 0.25) is 0 Å². The molecule has 2 aromatic heterocycles. The first-order chi connectivity index (χ1) is 5.86. The zero-order valence-electron chi connectivity index (χ0n) is 6.07. The van der Waals surface area contributed by atoms with Crippen LogP contribution in [0, 0.1) is 0 Å². The Morgan fingerprint density at radius 2 is 2.25 bits per heavy atom. The van der Waals surface area contributed by atoms with Crippen molar-refractivity contribution in [2.24, 2.45) is 0 Å². The first kappa shape index (κ1) is 7.89. The van der Waals surface area contributed by atoms with E-state index >= 15 is 0 Å². The molecule has 0 amide bonds. The highest BCUT2D eigenvalue weighted by atomic mass is 79.9. The van der Waals surface area contributed by atoms with Gasteiger partial charge in [0.2, 0.25) is 0 Å². The van der Waals surface area contributed by atoms with Crippen LogP contribution in [-0.2, 0) is 0 Å². The molecule has 0 aliphatic heterocycles. The summed E-state index contributed by atoms with van der Waals surface area (Å²) in [6.07, 6.45) is 1.78. The molecule has 0 spiro atoms. The molecular weight excluding hydrogens is 236 g/mol. The summed E-state index contributed by atoms with van der Waals surface area (Å²) < 4.78 is 0.843. The smallest absolute Gasteiger partial charge is 0.141 e. The minimum Gasteiger partial charge on any atom is -0.243 e. The number of thiazole rings is 1. The van der Waals surface area contributed by atoms with E-state index in [1.165, 1.54) is 0 Å². The minimum atomic E-state index is 0.843. The fraction of sp³-hybridized carbons (Fsp3) is 0. The molecule has 0 unspecified atom stereocenters. The van der Waals surface area contributed by atoms with Gasteiger partial charge in [0.15, 0.2) is 0 Å². The Hall–Kier alpha value is -0.740. The van der Waals surface area contributed by atoms with Crippen LogP contribution in [0.5, 0.6) is 0 Å². The highest BCUT2D eigenvalue weighted by molar-refractivity contribution is 9.10. The van der Waals surface area contributed by atoms with Crippen LogP contribution in [0.15, 0.2) is 34.4 Å². The van der Waals surface area contributed by atoms with Crippen LogP contribution in [0.3, 0.4) is 0 Å². The molecule has 0 N–H and O–H groups in total. The maximum absolute atomic E-state index is 4.28. The highest BCUT2D eigenvalue weighted by Crippen LogP contribution is 2.20. The molecule has 0 radical (unpaired) electrons. The minimum absolute atomic E-state index is 0.843. The van der Waals surface area contributed by atoms with E-state index in [9.17, 15) is 0 Å². The predicted molar refractivity (Wildman–Crippen MR) is 53.0 cm³/mol. The first-order valence-electron chi connectivity index (χ1n) is 3.39. The van der Waals surface area contributed by atoms with Gasteiger partial charge in [0.1, 0.15) is 15.3 Å². The van der Waals surface area contributed by atoms with Crippen molar-refractivity contribution in [3.8, 4) is 10.7 Å². The first-order valence-corrected chi connectivity index (χ1v) is 5.06. The van der Waals surface area contributed by atoms with Gasteiger partial charge in [0, 0.05) is 11.6 Å². The molecule has 2 heterocycles. The summed E-state index contributed by atoms with van der Waals surface area (Å²) >= 11 is 4.90. The molecule has 2 nitrogen and oxygen atoms in total. The average molecular weight is 241 g/mol. The second kappa shape index (κ2) is 3.33. The van der Waals surface area contributed by atoms with Gasteiger partial charge >= 0.3 is 0 Å². The van der Waals surface area contributed by atoms with E-state index in [-0.39, 0.29) is 0 Å². The van der Waals surface area contributed by atoms with Gasteiger partial charge in [0.25, 0.3) is 0 Å². The summed E-state index contributed by atoms with van der Waals surface area (Å²) in [5, 5.41) is 2.90. The Labute approximate surface area is 82.4 Å². The lowest BCUT2D eigenvalue weighted by molar-refractivity contribution is 1.26.